The number of nitrogens with zero attached hydrogens (tertiary/aromatic N) is 5. The largest absolute Gasteiger partial charge is 0.338 e. The van der Waals surface area contributed by atoms with Gasteiger partial charge in [-0.15, -0.1) is 10.2 Å². The summed E-state index contributed by atoms with van der Waals surface area (Å²) in [5.41, 5.74) is 1.18. The van der Waals surface area contributed by atoms with Crippen LogP contribution in [0.4, 0.5) is 0 Å². The highest BCUT2D eigenvalue weighted by atomic mass is 32.2. The third-order valence-corrected chi connectivity index (χ3v) is 7.88. The van der Waals surface area contributed by atoms with Gasteiger partial charge in [-0.05, 0) is 43.2 Å². The number of piperidine rings is 1. The molecule has 3 heterocycles. The number of carbonyl (C=O) groups is 1. The highest BCUT2D eigenvalue weighted by Crippen LogP contribution is 2.27. The van der Waals surface area contributed by atoms with E-state index in [0.29, 0.717) is 31.7 Å². The molecule has 1 amide bonds. The van der Waals surface area contributed by atoms with Crippen molar-refractivity contribution in [3.8, 4) is 0 Å². The molecule has 164 valence electrons. The molecule has 2 aromatic heterocycles. The van der Waals surface area contributed by atoms with Gasteiger partial charge in [-0.3, -0.25) is 9.20 Å². The summed E-state index contributed by atoms with van der Waals surface area (Å²) >= 11 is 0. The quantitative estimate of drug-likeness (QED) is 0.587. The Bertz CT molecular complexity index is 1190. The standard InChI is InChI=1S/C22H27N5O3S/c1-3-26(4-2)31(29,30)19-11-7-9-17(15-19)22(28)25-13-8-10-18(16-25)21-24-23-20-12-5-6-14-27(20)21/h5-7,9,11-12,14-15,18H,3-4,8,10,13,16H2,1-2H3. The zero-order chi connectivity index (χ0) is 22.0. The first-order valence-corrected chi connectivity index (χ1v) is 12.1. The summed E-state index contributed by atoms with van der Waals surface area (Å²) in [6.45, 7) is 5.55. The molecule has 1 unspecified atom stereocenters. The van der Waals surface area contributed by atoms with Gasteiger partial charge in [0, 0.05) is 43.9 Å². The highest BCUT2D eigenvalue weighted by Gasteiger charge is 2.29. The number of aromatic nitrogens is 3. The van der Waals surface area contributed by atoms with Crippen LogP contribution in [0.15, 0.2) is 53.6 Å². The number of sulfonamides is 1. The molecule has 1 saturated heterocycles. The molecule has 0 aliphatic carbocycles. The molecule has 1 aromatic carbocycles. The second-order valence-corrected chi connectivity index (χ2v) is 9.63. The van der Waals surface area contributed by atoms with E-state index in [1.807, 2.05) is 28.8 Å². The van der Waals surface area contributed by atoms with E-state index >= 15 is 0 Å². The molecule has 1 aliphatic rings. The normalized spacial score (nSPS) is 17.4. The lowest BCUT2D eigenvalue weighted by Gasteiger charge is -2.32. The Morgan fingerprint density at radius 2 is 1.94 bits per heavy atom. The third-order valence-electron chi connectivity index (χ3n) is 5.84. The first-order chi connectivity index (χ1) is 15.0. The van der Waals surface area contributed by atoms with Crippen molar-refractivity contribution in [2.45, 2.75) is 37.5 Å². The van der Waals surface area contributed by atoms with E-state index in [2.05, 4.69) is 10.2 Å². The molecule has 8 nitrogen and oxygen atoms in total. The molecule has 0 saturated carbocycles. The Morgan fingerprint density at radius 1 is 1.13 bits per heavy atom. The Morgan fingerprint density at radius 3 is 2.71 bits per heavy atom. The van der Waals surface area contributed by atoms with Crippen LogP contribution in [0.2, 0.25) is 0 Å². The lowest BCUT2D eigenvalue weighted by atomic mass is 9.96. The Kier molecular flexibility index (Phi) is 6.06. The molecule has 4 rings (SSSR count). The van der Waals surface area contributed by atoms with E-state index in [0.717, 1.165) is 24.3 Å². The minimum absolute atomic E-state index is 0.0812. The van der Waals surface area contributed by atoms with E-state index < -0.39 is 10.0 Å². The molecule has 31 heavy (non-hydrogen) atoms. The van der Waals surface area contributed by atoms with E-state index in [1.165, 1.54) is 10.4 Å². The molecule has 0 radical (unpaired) electrons. The number of hydrogen-bond acceptors (Lipinski definition) is 5. The molecule has 0 bridgehead atoms. The zero-order valence-corrected chi connectivity index (χ0v) is 18.6. The van der Waals surface area contributed by atoms with Crippen molar-refractivity contribution in [3.63, 3.8) is 0 Å². The van der Waals surface area contributed by atoms with Gasteiger partial charge < -0.3 is 4.90 Å². The Labute approximate surface area is 182 Å². The fourth-order valence-corrected chi connectivity index (χ4v) is 5.70. The van der Waals surface area contributed by atoms with Gasteiger partial charge in [-0.1, -0.05) is 26.0 Å². The Hall–Kier alpha value is -2.78. The van der Waals surface area contributed by atoms with Crippen LogP contribution in [-0.4, -0.2) is 64.3 Å². The summed E-state index contributed by atoms with van der Waals surface area (Å²) in [4.78, 5) is 15.2. The predicted molar refractivity (Wildman–Crippen MR) is 117 cm³/mol. The van der Waals surface area contributed by atoms with Crippen LogP contribution in [0.25, 0.3) is 5.65 Å². The van der Waals surface area contributed by atoms with Crippen molar-refractivity contribution in [2.75, 3.05) is 26.2 Å². The number of rotatable bonds is 6. The van der Waals surface area contributed by atoms with E-state index in [4.69, 9.17) is 0 Å². The first kappa shape index (κ1) is 21.5. The summed E-state index contributed by atoms with van der Waals surface area (Å²) in [6.07, 6.45) is 3.72. The molecule has 3 aromatic rings. The topological polar surface area (TPSA) is 87.9 Å². The fourth-order valence-electron chi connectivity index (χ4n) is 4.20. The van der Waals surface area contributed by atoms with Crippen LogP contribution >= 0.6 is 0 Å². The minimum atomic E-state index is -3.62. The number of likely N-dealkylation sites (tertiary alicyclic amines) is 1. The zero-order valence-electron chi connectivity index (χ0n) is 17.8. The van der Waals surface area contributed by atoms with Gasteiger partial charge in [-0.25, -0.2) is 8.42 Å². The SMILES string of the molecule is CCN(CC)S(=O)(=O)c1cccc(C(=O)N2CCCC(c3nnc4ccccn34)C2)c1. The van der Waals surface area contributed by atoms with Crippen molar-refractivity contribution in [2.24, 2.45) is 0 Å². The van der Waals surface area contributed by atoms with E-state index in [-0.39, 0.29) is 16.7 Å². The molecule has 0 spiro atoms. The van der Waals surface area contributed by atoms with Crippen LogP contribution in [0.5, 0.6) is 0 Å². The maximum atomic E-state index is 13.2. The number of hydrogen-bond donors (Lipinski definition) is 0. The average molecular weight is 442 g/mol. The summed E-state index contributed by atoms with van der Waals surface area (Å²) in [5.74, 6) is 0.777. The van der Waals surface area contributed by atoms with Crippen LogP contribution in [0.1, 0.15) is 48.8 Å². The number of carbonyl (C=O) groups excluding carboxylic acids is 1. The van der Waals surface area contributed by atoms with Gasteiger partial charge in [0.15, 0.2) is 5.65 Å². The fraction of sp³-hybridized carbons (Fsp3) is 0.409. The van der Waals surface area contributed by atoms with Crippen molar-refractivity contribution in [3.05, 3.63) is 60.0 Å². The first-order valence-electron chi connectivity index (χ1n) is 10.6. The van der Waals surface area contributed by atoms with Gasteiger partial charge in [0.25, 0.3) is 5.91 Å². The summed E-state index contributed by atoms with van der Waals surface area (Å²) < 4.78 is 29.1. The van der Waals surface area contributed by atoms with Gasteiger partial charge in [0.2, 0.25) is 10.0 Å². The van der Waals surface area contributed by atoms with Crippen LogP contribution < -0.4 is 0 Å². The highest BCUT2D eigenvalue weighted by molar-refractivity contribution is 7.89. The van der Waals surface area contributed by atoms with Crippen LogP contribution in [0, 0.1) is 0 Å². The predicted octanol–water partition coefficient (Wildman–Crippen LogP) is 2.78. The lowest BCUT2D eigenvalue weighted by Crippen LogP contribution is -2.39. The van der Waals surface area contributed by atoms with Crippen molar-refractivity contribution in [1.82, 2.24) is 23.8 Å². The summed E-state index contributed by atoms with van der Waals surface area (Å²) in [7, 11) is -3.62. The van der Waals surface area contributed by atoms with Crippen molar-refractivity contribution >= 4 is 21.6 Å². The third kappa shape index (κ3) is 4.07. The van der Waals surface area contributed by atoms with E-state index in [9.17, 15) is 13.2 Å². The number of benzene rings is 1. The smallest absolute Gasteiger partial charge is 0.253 e. The molecule has 1 fully saturated rings. The van der Waals surface area contributed by atoms with Gasteiger partial charge in [-0.2, -0.15) is 4.31 Å². The van der Waals surface area contributed by atoms with Crippen LogP contribution in [0.3, 0.4) is 0 Å². The molecule has 0 N–H and O–H groups in total. The average Bonchev–Trinajstić information content (AvgIpc) is 3.24. The second kappa shape index (κ2) is 8.76. The monoisotopic (exact) mass is 441 g/mol. The number of amides is 1. The summed E-state index contributed by atoms with van der Waals surface area (Å²) in [6, 6.07) is 12.1. The second-order valence-electron chi connectivity index (χ2n) is 7.69. The number of pyridine rings is 1. The number of fused-ring (bicyclic) bond motifs is 1. The molecular formula is C22H27N5O3S. The Balaban J connectivity index is 1.57. The molecule has 1 atom stereocenters. The van der Waals surface area contributed by atoms with Gasteiger partial charge in [0.05, 0.1) is 4.90 Å². The lowest BCUT2D eigenvalue weighted by molar-refractivity contribution is 0.0704. The van der Waals surface area contributed by atoms with Gasteiger partial charge >= 0.3 is 0 Å². The van der Waals surface area contributed by atoms with Crippen LogP contribution in [-0.2, 0) is 10.0 Å². The minimum Gasteiger partial charge on any atom is -0.338 e. The van der Waals surface area contributed by atoms with Gasteiger partial charge in [0.1, 0.15) is 5.82 Å². The molecule has 9 heteroatoms. The van der Waals surface area contributed by atoms with Crippen molar-refractivity contribution < 1.29 is 13.2 Å². The van der Waals surface area contributed by atoms with E-state index in [1.54, 1.807) is 36.9 Å². The van der Waals surface area contributed by atoms with Crippen molar-refractivity contribution in [1.29, 1.82) is 0 Å². The maximum Gasteiger partial charge on any atom is 0.253 e. The summed E-state index contributed by atoms with van der Waals surface area (Å²) in [5, 5.41) is 8.59. The molecular weight excluding hydrogens is 414 g/mol. The maximum absolute atomic E-state index is 13.2. The molecule has 1 aliphatic heterocycles.